The molecular formula is C17H15N3O4. The fraction of sp³-hybridized carbons (Fsp3) is 0.176. The molecule has 1 aliphatic rings. The van der Waals surface area contributed by atoms with Crippen LogP contribution in [-0.2, 0) is 4.79 Å². The number of rotatable bonds is 3. The zero-order valence-electron chi connectivity index (χ0n) is 13.4. The van der Waals surface area contributed by atoms with Crippen LogP contribution in [0.25, 0.3) is 6.08 Å². The quantitative estimate of drug-likeness (QED) is 0.490. The van der Waals surface area contributed by atoms with Gasteiger partial charge in [-0.05, 0) is 56.2 Å². The van der Waals surface area contributed by atoms with Gasteiger partial charge in [-0.1, -0.05) is 6.07 Å². The average molecular weight is 325 g/mol. The molecule has 0 unspecified atom stereocenters. The molecule has 1 aliphatic heterocycles. The summed E-state index contributed by atoms with van der Waals surface area (Å²) in [6.45, 7) is 5.67. The number of amides is 1. The summed E-state index contributed by atoms with van der Waals surface area (Å²) in [4.78, 5) is 22.7. The lowest BCUT2D eigenvalue weighted by atomic mass is 10.1. The first-order chi connectivity index (χ1) is 11.4. The van der Waals surface area contributed by atoms with Gasteiger partial charge < -0.3 is 4.42 Å². The summed E-state index contributed by atoms with van der Waals surface area (Å²) in [6.07, 6.45) is 1.47. The minimum Gasteiger partial charge on any atom is -0.401 e. The normalized spacial score (nSPS) is 16.0. The van der Waals surface area contributed by atoms with E-state index in [0.29, 0.717) is 17.0 Å². The Labute approximate surface area is 138 Å². The fourth-order valence-corrected chi connectivity index (χ4v) is 2.38. The molecule has 0 bridgehead atoms. The predicted octanol–water partition coefficient (Wildman–Crippen LogP) is 3.61. The number of furan rings is 1. The Morgan fingerprint density at radius 1 is 1.17 bits per heavy atom. The lowest BCUT2D eigenvalue weighted by Crippen LogP contribution is -2.21. The number of nitro groups is 1. The molecule has 0 spiro atoms. The number of hydrogen-bond donors (Lipinski definition) is 0. The molecule has 0 radical (unpaired) electrons. The van der Waals surface area contributed by atoms with Crippen molar-refractivity contribution in [3.05, 3.63) is 62.9 Å². The van der Waals surface area contributed by atoms with Crippen LogP contribution in [0, 0.1) is 24.0 Å². The van der Waals surface area contributed by atoms with E-state index in [0.717, 1.165) is 11.1 Å². The number of hydrogen-bond acceptors (Lipinski definition) is 5. The van der Waals surface area contributed by atoms with E-state index >= 15 is 0 Å². The van der Waals surface area contributed by atoms with Crippen LogP contribution < -0.4 is 5.01 Å². The summed E-state index contributed by atoms with van der Waals surface area (Å²) in [6, 6.07) is 8.35. The van der Waals surface area contributed by atoms with Crippen LogP contribution in [0.3, 0.4) is 0 Å². The van der Waals surface area contributed by atoms with Crippen LogP contribution in [0.15, 0.2) is 45.4 Å². The van der Waals surface area contributed by atoms with Crippen LogP contribution >= 0.6 is 0 Å². The number of carbonyl (C=O) groups is 1. The molecule has 1 aromatic carbocycles. The molecule has 0 saturated heterocycles. The molecular weight excluding hydrogens is 310 g/mol. The average Bonchev–Trinajstić information content (AvgIpc) is 3.11. The van der Waals surface area contributed by atoms with Gasteiger partial charge in [0.2, 0.25) is 0 Å². The van der Waals surface area contributed by atoms with E-state index in [-0.39, 0.29) is 17.6 Å². The lowest BCUT2D eigenvalue weighted by molar-refractivity contribution is -0.402. The van der Waals surface area contributed by atoms with E-state index in [1.807, 2.05) is 32.0 Å². The van der Waals surface area contributed by atoms with Crippen molar-refractivity contribution in [1.29, 1.82) is 0 Å². The Bertz CT molecular complexity index is 908. The van der Waals surface area contributed by atoms with Crippen molar-refractivity contribution in [3.8, 4) is 0 Å². The van der Waals surface area contributed by atoms with E-state index < -0.39 is 4.92 Å². The summed E-state index contributed by atoms with van der Waals surface area (Å²) < 4.78 is 5.08. The highest BCUT2D eigenvalue weighted by molar-refractivity contribution is 6.32. The highest BCUT2D eigenvalue weighted by Gasteiger charge is 2.29. The van der Waals surface area contributed by atoms with Crippen molar-refractivity contribution >= 4 is 29.3 Å². The van der Waals surface area contributed by atoms with Crippen LogP contribution in [-0.4, -0.2) is 16.5 Å². The van der Waals surface area contributed by atoms with Crippen molar-refractivity contribution < 1.29 is 14.1 Å². The molecule has 0 N–H and O–H groups in total. The van der Waals surface area contributed by atoms with Gasteiger partial charge in [0.1, 0.15) is 10.7 Å². The second-order valence-electron chi connectivity index (χ2n) is 5.56. The third-order valence-electron chi connectivity index (χ3n) is 3.88. The van der Waals surface area contributed by atoms with Crippen molar-refractivity contribution in [3.63, 3.8) is 0 Å². The largest absolute Gasteiger partial charge is 0.433 e. The SMILES string of the molecule is CC1=NN(c2ccc(C)c(C)c2)C(=O)/C1=C\c1ccc([N+](=O)[O-])o1. The molecule has 2 aromatic rings. The first kappa shape index (κ1) is 15.7. The van der Waals surface area contributed by atoms with Gasteiger partial charge in [0.15, 0.2) is 0 Å². The van der Waals surface area contributed by atoms with Gasteiger partial charge in [-0.2, -0.15) is 10.1 Å². The zero-order valence-corrected chi connectivity index (χ0v) is 13.4. The van der Waals surface area contributed by atoms with E-state index in [4.69, 9.17) is 4.42 Å². The molecule has 0 saturated carbocycles. The number of aryl methyl sites for hydroxylation is 2. The second kappa shape index (κ2) is 5.77. The molecule has 1 amide bonds. The van der Waals surface area contributed by atoms with Crippen molar-refractivity contribution in [2.24, 2.45) is 5.10 Å². The number of hydrazone groups is 1. The Morgan fingerprint density at radius 2 is 1.92 bits per heavy atom. The van der Waals surface area contributed by atoms with Gasteiger partial charge in [-0.25, -0.2) is 0 Å². The number of benzene rings is 1. The minimum absolute atomic E-state index is 0.238. The lowest BCUT2D eigenvalue weighted by Gasteiger charge is -2.13. The predicted molar refractivity (Wildman–Crippen MR) is 89.9 cm³/mol. The summed E-state index contributed by atoms with van der Waals surface area (Å²) in [7, 11) is 0. The third-order valence-corrected chi connectivity index (χ3v) is 3.88. The van der Waals surface area contributed by atoms with Crippen LogP contribution in [0.4, 0.5) is 11.6 Å². The van der Waals surface area contributed by atoms with Gasteiger partial charge in [0.25, 0.3) is 5.91 Å². The van der Waals surface area contributed by atoms with Gasteiger partial charge in [0, 0.05) is 0 Å². The van der Waals surface area contributed by atoms with Gasteiger partial charge in [-0.3, -0.25) is 14.9 Å². The smallest absolute Gasteiger partial charge is 0.401 e. The zero-order chi connectivity index (χ0) is 17.4. The summed E-state index contributed by atoms with van der Waals surface area (Å²) in [5, 5.41) is 16.3. The summed E-state index contributed by atoms with van der Waals surface area (Å²) >= 11 is 0. The first-order valence-electron chi connectivity index (χ1n) is 7.30. The highest BCUT2D eigenvalue weighted by atomic mass is 16.6. The Hall–Kier alpha value is -3.22. The Kier molecular flexibility index (Phi) is 3.76. The molecule has 3 rings (SSSR count). The molecule has 7 nitrogen and oxygen atoms in total. The van der Waals surface area contributed by atoms with Gasteiger partial charge >= 0.3 is 5.88 Å². The van der Waals surface area contributed by atoms with E-state index in [1.54, 1.807) is 6.92 Å². The second-order valence-corrected chi connectivity index (χ2v) is 5.56. The number of carbonyl (C=O) groups excluding carboxylic acids is 1. The van der Waals surface area contributed by atoms with Crippen LogP contribution in [0.5, 0.6) is 0 Å². The maximum absolute atomic E-state index is 12.6. The van der Waals surface area contributed by atoms with Crippen molar-refractivity contribution in [2.45, 2.75) is 20.8 Å². The van der Waals surface area contributed by atoms with E-state index in [2.05, 4.69) is 5.10 Å². The van der Waals surface area contributed by atoms with Crippen LogP contribution in [0.1, 0.15) is 23.8 Å². The molecule has 0 aliphatic carbocycles. The van der Waals surface area contributed by atoms with Crippen molar-refractivity contribution in [1.82, 2.24) is 0 Å². The third kappa shape index (κ3) is 2.71. The Balaban J connectivity index is 1.93. The molecule has 1 aromatic heterocycles. The molecule has 2 heterocycles. The number of anilines is 1. The van der Waals surface area contributed by atoms with Crippen LogP contribution in [0.2, 0.25) is 0 Å². The minimum atomic E-state index is -0.624. The first-order valence-corrected chi connectivity index (χ1v) is 7.30. The molecule has 7 heteroatoms. The maximum atomic E-state index is 12.6. The summed E-state index contributed by atoms with van der Waals surface area (Å²) in [5.74, 6) is -0.427. The monoisotopic (exact) mass is 325 g/mol. The standard InChI is InChI=1S/C17H15N3O4/c1-10-4-5-13(8-11(10)2)19-17(21)15(12(3)18-19)9-14-6-7-16(24-14)20(22)23/h4-9H,1-3H3/b15-9-. The van der Waals surface area contributed by atoms with Crippen molar-refractivity contribution in [2.75, 3.05) is 5.01 Å². The fourth-order valence-electron chi connectivity index (χ4n) is 2.38. The highest BCUT2D eigenvalue weighted by Crippen LogP contribution is 2.27. The van der Waals surface area contributed by atoms with E-state index in [9.17, 15) is 14.9 Å². The topological polar surface area (TPSA) is 89.0 Å². The molecule has 0 fully saturated rings. The maximum Gasteiger partial charge on any atom is 0.433 e. The number of nitrogens with zero attached hydrogens (tertiary/aromatic N) is 3. The molecule has 24 heavy (non-hydrogen) atoms. The molecule has 0 atom stereocenters. The van der Waals surface area contributed by atoms with E-state index in [1.165, 1.54) is 23.2 Å². The Morgan fingerprint density at radius 3 is 2.54 bits per heavy atom. The van der Waals surface area contributed by atoms with Gasteiger partial charge in [-0.15, -0.1) is 0 Å². The molecule has 122 valence electrons. The van der Waals surface area contributed by atoms with Gasteiger partial charge in [0.05, 0.1) is 23.0 Å². The summed E-state index contributed by atoms with van der Waals surface area (Å²) in [5.41, 5.74) is 3.74.